The first-order valence-electron chi connectivity index (χ1n) is 4.55. The maximum absolute atomic E-state index is 11.6. The molecule has 0 aromatic carbocycles. The van der Waals surface area contributed by atoms with Gasteiger partial charge in [-0.3, -0.25) is 4.79 Å². The van der Waals surface area contributed by atoms with Gasteiger partial charge in [0.25, 0.3) is 0 Å². The quantitative estimate of drug-likeness (QED) is 0.530. The molecule has 2 nitrogen and oxygen atoms in total. The van der Waals surface area contributed by atoms with Gasteiger partial charge in [0.05, 0.1) is 11.8 Å². The summed E-state index contributed by atoms with van der Waals surface area (Å²) in [5, 5.41) is -0.243. The molecular formula is C10H15NOS. The summed E-state index contributed by atoms with van der Waals surface area (Å²) >= 11 is 4.11. The maximum Gasteiger partial charge on any atom is 0.235 e. The monoisotopic (exact) mass is 197 g/mol. The van der Waals surface area contributed by atoms with Crippen molar-refractivity contribution >= 4 is 18.5 Å². The van der Waals surface area contributed by atoms with Crippen molar-refractivity contribution in [1.82, 2.24) is 4.90 Å². The predicted octanol–water partition coefficient (Wildman–Crippen LogP) is 1.18. The molecule has 0 bridgehead atoms. The lowest BCUT2D eigenvalue weighted by Crippen LogP contribution is -2.37. The van der Waals surface area contributed by atoms with Crippen molar-refractivity contribution in [2.24, 2.45) is 5.92 Å². The molecule has 0 aliphatic heterocycles. The van der Waals surface area contributed by atoms with Crippen molar-refractivity contribution in [3.05, 3.63) is 0 Å². The molecule has 0 heterocycles. The van der Waals surface area contributed by atoms with E-state index in [1.165, 1.54) is 12.8 Å². The van der Waals surface area contributed by atoms with E-state index in [0.717, 1.165) is 6.54 Å². The van der Waals surface area contributed by atoms with Crippen LogP contribution in [0.3, 0.4) is 0 Å². The van der Waals surface area contributed by atoms with E-state index in [1.54, 1.807) is 11.8 Å². The second-order valence-electron chi connectivity index (χ2n) is 3.54. The largest absolute Gasteiger partial charge is 0.330 e. The van der Waals surface area contributed by atoms with Crippen LogP contribution < -0.4 is 0 Å². The van der Waals surface area contributed by atoms with Crippen molar-refractivity contribution < 1.29 is 4.79 Å². The van der Waals surface area contributed by atoms with Crippen LogP contribution in [-0.2, 0) is 4.79 Å². The predicted molar refractivity (Wildman–Crippen MR) is 56.6 cm³/mol. The summed E-state index contributed by atoms with van der Waals surface area (Å²) in [6.07, 6.45) is 7.66. The fourth-order valence-corrected chi connectivity index (χ4v) is 1.38. The molecule has 0 N–H and O–H groups in total. The highest BCUT2D eigenvalue weighted by molar-refractivity contribution is 7.81. The smallest absolute Gasteiger partial charge is 0.235 e. The van der Waals surface area contributed by atoms with Gasteiger partial charge in [-0.15, -0.1) is 6.42 Å². The summed E-state index contributed by atoms with van der Waals surface area (Å²) in [6, 6.07) is 0. The Hall–Kier alpha value is -0.620. The molecule has 1 fully saturated rings. The maximum atomic E-state index is 11.6. The normalized spacial score (nSPS) is 17.6. The Kier molecular flexibility index (Phi) is 3.68. The van der Waals surface area contributed by atoms with Gasteiger partial charge in [-0.05, 0) is 25.7 Å². The Labute approximate surface area is 85.1 Å². The van der Waals surface area contributed by atoms with Crippen molar-refractivity contribution in [3.8, 4) is 12.3 Å². The Bertz CT molecular complexity index is 228. The highest BCUT2D eigenvalue weighted by Gasteiger charge is 2.27. The third-order valence-corrected chi connectivity index (χ3v) is 2.35. The number of carbonyl (C=O) groups is 1. The summed E-state index contributed by atoms with van der Waals surface area (Å²) in [5.41, 5.74) is 0. The van der Waals surface area contributed by atoms with E-state index in [0.29, 0.717) is 12.5 Å². The van der Waals surface area contributed by atoms with E-state index < -0.39 is 0 Å². The van der Waals surface area contributed by atoms with E-state index in [1.807, 2.05) is 0 Å². The van der Waals surface area contributed by atoms with Crippen molar-refractivity contribution in [3.63, 3.8) is 0 Å². The molecule has 72 valence electrons. The second kappa shape index (κ2) is 4.57. The fourth-order valence-electron chi connectivity index (χ4n) is 1.22. The first-order chi connectivity index (χ1) is 6.15. The molecule has 0 aromatic rings. The highest BCUT2D eigenvalue weighted by atomic mass is 32.1. The van der Waals surface area contributed by atoms with Gasteiger partial charge in [0.1, 0.15) is 0 Å². The van der Waals surface area contributed by atoms with Crippen LogP contribution in [0.25, 0.3) is 0 Å². The minimum absolute atomic E-state index is 0.0492. The van der Waals surface area contributed by atoms with E-state index in [-0.39, 0.29) is 11.2 Å². The molecule has 1 atom stereocenters. The molecule has 0 radical (unpaired) electrons. The molecule has 1 rings (SSSR count). The van der Waals surface area contributed by atoms with Crippen molar-refractivity contribution in [2.45, 2.75) is 25.0 Å². The Balaban J connectivity index is 2.45. The van der Waals surface area contributed by atoms with Crippen LogP contribution in [0.1, 0.15) is 19.8 Å². The van der Waals surface area contributed by atoms with Crippen molar-refractivity contribution in [1.29, 1.82) is 0 Å². The Morgan fingerprint density at radius 1 is 1.77 bits per heavy atom. The second-order valence-corrected chi connectivity index (χ2v) is 4.32. The molecule has 1 aliphatic carbocycles. The van der Waals surface area contributed by atoms with Crippen LogP contribution in [0.2, 0.25) is 0 Å². The van der Waals surface area contributed by atoms with Gasteiger partial charge in [0.15, 0.2) is 0 Å². The van der Waals surface area contributed by atoms with Crippen LogP contribution in [0.15, 0.2) is 0 Å². The molecule has 1 aliphatic rings. The number of thiol groups is 1. The first-order valence-corrected chi connectivity index (χ1v) is 5.07. The molecular weight excluding hydrogens is 182 g/mol. The van der Waals surface area contributed by atoms with Gasteiger partial charge in [0.2, 0.25) is 5.91 Å². The molecule has 0 spiro atoms. The summed E-state index contributed by atoms with van der Waals surface area (Å²) in [7, 11) is 0. The number of carbonyl (C=O) groups excluding carboxylic acids is 1. The minimum atomic E-state index is -0.243. The SMILES string of the molecule is C#CCN(CC1CC1)C(=O)C(C)S. The summed E-state index contributed by atoms with van der Waals surface area (Å²) < 4.78 is 0. The van der Waals surface area contributed by atoms with Crippen LogP contribution >= 0.6 is 12.6 Å². The van der Waals surface area contributed by atoms with Gasteiger partial charge in [-0.2, -0.15) is 12.6 Å². The topological polar surface area (TPSA) is 20.3 Å². The summed E-state index contributed by atoms with van der Waals surface area (Å²) in [4.78, 5) is 13.3. The van der Waals surface area contributed by atoms with E-state index in [9.17, 15) is 4.79 Å². The van der Waals surface area contributed by atoms with Gasteiger partial charge in [-0.25, -0.2) is 0 Å². The third-order valence-electron chi connectivity index (χ3n) is 2.13. The molecule has 13 heavy (non-hydrogen) atoms. The zero-order chi connectivity index (χ0) is 9.84. The molecule has 3 heteroatoms. The van der Waals surface area contributed by atoms with E-state index in [2.05, 4.69) is 18.5 Å². The van der Waals surface area contributed by atoms with Gasteiger partial charge in [0, 0.05) is 6.54 Å². The van der Waals surface area contributed by atoms with Gasteiger partial charge < -0.3 is 4.90 Å². The lowest BCUT2D eigenvalue weighted by molar-refractivity contribution is -0.129. The lowest BCUT2D eigenvalue weighted by atomic mass is 10.3. The van der Waals surface area contributed by atoms with Gasteiger partial charge >= 0.3 is 0 Å². The number of amides is 1. The lowest BCUT2D eigenvalue weighted by Gasteiger charge is -2.21. The van der Waals surface area contributed by atoms with Crippen LogP contribution in [-0.4, -0.2) is 29.1 Å². The van der Waals surface area contributed by atoms with Crippen molar-refractivity contribution in [2.75, 3.05) is 13.1 Å². The number of hydrogen-bond donors (Lipinski definition) is 1. The average Bonchev–Trinajstić information content (AvgIpc) is 2.86. The van der Waals surface area contributed by atoms with Crippen LogP contribution in [0, 0.1) is 18.3 Å². The molecule has 0 saturated heterocycles. The van der Waals surface area contributed by atoms with Crippen LogP contribution in [0.4, 0.5) is 0 Å². The zero-order valence-corrected chi connectivity index (χ0v) is 8.76. The number of terminal acetylenes is 1. The Morgan fingerprint density at radius 3 is 2.77 bits per heavy atom. The molecule has 1 saturated carbocycles. The standard InChI is InChI=1S/C10H15NOS/c1-3-6-11(7-9-4-5-9)10(12)8(2)13/h1,8-9,13H,4-7H2,2H3. The Morgan fingerprint density at radius 2 is 2.38 bits per heavy atom. The van der Waals surface area contributed by atoms with Gasteiger partial charge in [-0.1, -0.05) is 5.92 Å². The fraction of sp³-hybridized carbons (Fsp3) is 0.700. The number of hydrogen-bond acceptors (Lipinski definition) is 2. The zero-order valence-electron chi connectivity index (χ0n) is 7.86. The molecule has 0 aromatic heterocycles. The van der Waals surface area contributed by atoms with E-state index >= 15 is 0 Å². The minimum Gasteiger partial charge on any atom is -0.330 e. The first kappa shape index (κ1) is 10.5. The summed E-state index contributed by atoms with van der Waals surface area (Å²) in [5.74, 6) is 3.24. The summed E-state index contributed by atoms with van der Waals surface area (Å²) in [6.45, 7) is 3.01. The average molecular weight is 197 g/mol. The highest BCUT2D eigenvalue weighted by Crippen LogP contribution is 2.29. The third kappa shape index (κ3) is 3.31. The molecule has 1 amide bonds. The molecule has 1 unspecified atom stereocenters. The van der Waals surface area contributed by atoms with Crippen LogP contribution in [0.5, 0.6) is 0 Å². The number of rotatable bonds is 4. The van der Waals surface area contributed by atoms with E-state index in [4.69, 9.17) is 6.42 Å². The number of nitrogens with zero attached hydrogens (tertiary/aromatic N) is 1.